The van der Waals surface area contributed by atoms with Crippen molar-refractivity contribution in [3.05, 3.63) is 209 Å². The van der Waals surface area contributed by atoms with Gasteiger partial charge in [-0.15, -0.1) is 0 Å². The summed E-state index contributed by atoms with van der Waals surface area (Å²) in [6.45, 7) is 4.54. The Bertz CT molecular complexity index is 2830. The molecule has 1 atom stereocenters. The molecule has 0 spiro atoms. The van der Waals surface area contributed by atoms with Crippen LogP contribution in [-0.2, 0) is 11.0 Å². The number of hydrogen-bond donors (Lipinski definition) is 0. The van der Waals surface area contributed by atoms with Gasteiger partial charge in [0.2, 0.25) is 0 Å². The minimum Gasteiger partial charge on any atom is -0.472 e. The number of rotatable bonds is 5. The Hall–Kier alpha value is -6.89. The first kappa shape index (κ1) is 31.8. The Morgan fingerprint density at radius 3 is 1.98 bits per heavy atom. The highest BCUT2D eigenvalue weighted by Gasteiger charge is 2.44. The van der Waals surface area contributed by atoms with E-state index in [0.29, 0.717) is 5.56 Å². The predicted molar refractivity (Wildman–Crippen MR) is 222 cm³/mol. The summed E-state index contributed by atoms with van der Waals surface area (Å²) in [7, 11) is 0. The van der Waals surface area contributed by atoms with Gasteiger partial charge < -0.3 is 9.64 Å². The molecular weight excluding hydrogens is 657 g/mol. The van der Waals surface area contributed by atoms with Crippen molar-refractivity contribution in [2.24, 2.45) is 0 Å². The largest absolute Gasteiger partial charge is 0.472 e. The van der Waals surface area contributed by atoms with E-state index >= 15 is 0 Å². The SMILES string of the molecule is CC1(C)c2cc(C#N)ccc2-c2c1c1c(c3ccccc23)OC(c2ccccc2)(c2ccc(N(c3ccccc3)c3cccc4ccccc34)cc2)C=C1. The molecule has 0 aromatic heterocycles. The number of anilines is 3. The van der Waals surface area contributed by atoms with Gasteiger partial charge in [0.15, 0.2) is 5.60 Å². The van der Waals surface area contributed by atoms with Crippen molar-refractivity contribution in [1.29, 1.82) is 5.26 Å². The van der Waals surface area contributed by atoms with Gasteiger partial charge >= 0.3 is 0 Å². The van der Waals surface area contributed by atoms with Gasteiger partial charge in [0, 0.05) is 44.3 Å². The molecule has 1 heterocycles. The summed E-state index contributed by atoms with van der Waals surface area (Å²) in [6.07, 6.45) is 4.53. The van der Waals surface area contributed by atoms with Crippen LogP contribution >= 0.6 is 0 Å². The summed E-state index contributed by atoms with van der Waals surface area (Å²) >= 11 is 0. The van der Waals surface area contributed by atoms with E-state index in [4.69, 9.17) is 4.74 Å². The Balaban J connectivity index is 1.16. The third-order valence-corrected chi connectivity index (χ3v) is 11.4. The molecule has 0 fully saturated rings. The predicted octanol–water partition coefficient (Wildman–Crippen LogP) is 13.0. The molecule has 0 saturated carbocycles. The van der Waals surface area contributed by atoms with Crippen molar-refractivity contribution in [3.63, 3.8) is 0 Å². The number of nitriles is 1. The van der Waals surface area contributed by atoms with Crippen LogP contribution in [0.15, 0.2) is 176 Å². The molecule has 8 aromatic carbocycles. The minimum atomic E-state index is -0.885. The van der Waals surface area contributed by atoms with Gasteiger partial charge in [0.1, 0.15) is 5.75 Å². The lowest BCUT2D eigenvalue weighted by Crippen LogP contribution is -2.35. The molecule has 10 rings (SSSR count). The average Bonchev–Trinajstić information content (AvgIpc) is 3.47. The first-order valence-corrected chi connectivity index (χ1v) is 18.5. The van der Waals surface area contributed by atoms with Crippen molar-refractivity contribution >= 4 is 44.7 Å². The minimum absolute atomic E-state index is 0.337. The van der Waals surface area contributed by atoms with Crippen LogP contribution in [0.1, 0.15) is 47.2 Å². The highest BCUT2D eigenvalue weighted by Crippen LogP contribution is 2.58. The molecule has 54 heavy (non-hydrogen) atoms. The van der Waals surface area contributed by atoms with Crippen molar-refractivity contribution in [2.75, 3.05) is 4.90 Å². The molecule has 0 amide bonds. The van der Waals surface area contributed by atoms with Gasteiger partial charge in [-0.05, 0) is 81.6 Å². The van der Waals surface area contributed by atoms with Crippen LogP contribution in [0.2, 0.25) is 0 Å². The number of ether oxygens (including phenoxy) is 1. The third kappa shape index (κ3) is 4.67. The van der Waals surface area contributed by atoms with Crippen LogP contribution in [0.25, 0.3) is 38.7 Å². The van der Waals surface area contributed by atoms with Gasteiger partial charge in [0.25, 0.3) is 0 Å². The zero-order valence-corrected chi connectivity index (χ0v) is 30.1. The van der Waals surface area contributed by atoms with E-state index in [9.17, 15) is 5.26 Å². The first-order chi connectivity index (χ1) is 26.5. The molecule has 1 aliphatic carbocycles. The summed E-state index contributed by atoms with van der Waals surface area (Å²) < 4.78 is 7.54. The quantitative estimate of drug-likeness (QED) is 0.180. The van der Waals surface area contributed by atoms with Crippen molar-refractivity contribution in [1.82, 2.24) is 0 Å². The molecule has 3 nitrogen and oxygen atoms in total. The second-order valence-corrected chi connectivity index (χ2v) is 14.8. The second-order valence-electron chi connectivity index (χ2n) is 14.8. The van der Waals surface area contributed by atoms with E-state index in [-0.39, 0.29) is 5.41 Å². The van der Waals surface area contributed by atoms with Gasteiger partial charge in [-0.25, -0.2) is 0 Å². The number of para-hydroxylation sites is 1. The maximum absolute atomic E-state index is 9.82. The molecule has 0 bridgehead atoms. The monoisotopic (exact) mass is 692 g/mol. The Morgan fingerprint density at radius 1 is 0.593 bits per heavy atom. The molecule has 256 valence electrons. The van der Waals surface area contributed by atoms with Crippen LogP contribution in [0.4, 0.5) is 17.1 Å². The molecule has 0 saturated heterocycles. The lowest BCUT2D eigenvalue weighted by Gasteiger charge is -2.38. The van der Waals surface area contributed by atoms with E-state index in [2.05, 4.69) is 201 Å². The molecule has 2 aliphatic rings. The summed E-state index contributed by atoms with van der Waals surface area (Å²) in [5.74, 6) is 0.878. The summed E-state index contributed by atoms with van der Waals surface area (Å²) in [5, 5.41) is 14.4. The van der Waals surface area contributed by atoms with Crippen molar-refractivity contribution < 1.29 is 4.74 Å². The van der Waals surface area contributed by atoms with Gasteiger partial charge in [-0.3, -0.25) is 0 Å². The molecule has 0 N–H and O–H groups in total. The van der Waals surface area contributed by atoms with Gasteiger partial charge in [-0.2, -0.15) is 5.26 Å². The van der Waals surface area contributed by atoms with Gasteiger partial charge in [-0.1, -0.05) is 147 Å². The Morgan fingerprint density at radius 2 is 1.22 bits per heavy atom. The van der Waals surface area contributed by atoms with E-state index in [1.165, 1.54) is 33.0 Å². The maximum atomic E-state index is 9.82. The van der Waals surface area contributed by atoms with Crippen LogP contribution in [-0.4, -0.2) is 0 Å². The summed E-state index contributed by atoms with van der Waals surface area (Å²) in [4.78, 5) is 2.34. The van der Waals surface area contributed by atoms with Gasteiger partial charge in [0.05, 0.1) is 17.3 Å². The number of nitrogens with zero attached hydrogens (tertiary/aromatic N) is 2. The third-order valence-electron chi connectivity index (χ3n) is 11.4. The van der Waals surface area contributed by atoms with E-state index in [1.807, 2.05) is 6.07 Å². The zero-order chi connectivity index (χ0) is 36.4. The highest BCUT2D eigenvalue weighted by atomic mass is 16.5. The second kappa shape index (κ2) is 12.1. The number of benzene rings is 8. The Kier molecular flexibility index (Phi) is 7.12. The topological polar surface area (TPSA) is 36.3 Å². The lowest BCUT2D eigenvalue weighted by molar-refractivity contribution is 0.163. The average molecular weight is 693 g/mol. The maximum Gasteiger partial charge on any atom is 0.178 e. The highest BCUT2D eigenvalue weighted by molar-refractivity contribution is 6.08. The van der Waals surface area contributed by atoms with E-state index in [1.54, 1.807) is 0 Å². The summed E-state index contributed by atoms with van der Waals surface area (Å²) in [6, 6.07) is 62.1. The molecule has 3 heteroatoms. The molecular formula is C51H36N2O. The van der Waals surface area contributed by atoms with Crippen LogP contribution < -0.4 is 9.64 Å². The Labute approximate surface area is 315 Å². The summed E-state index contributed by atoms with van der Waals surface area (Å²) in [5.41, 5.74) is 10.7. The van der Waals surface area contributed by atoms with E-state index in [0.717, 1.165) is 50.3 Å². The molecule has 1 aliphatic heterocycles. The normalized spacial score (nSPS) is 16.2. The zero-order valence-electron chi connectivity index (χ0n) is 30.1. The fraction of sp³-hybridized carbons (Fsp3) is 0.0784. The number of hydrogen-bond acceptors (Lipinski definition) is 3. The molecule has 0 radical (unpaired) electrons. The smallest absolute Gasteiger partial charge is 0.178 e. The van der Waals surface area contributed by atoms with Crippen LogP contribution in [0.5, 0.6) is 5.75 Å². The first-order valence-electron chi connectivity index (χ1n) is 18.5. The molecule has 1 unspecified atom stereocenters. The van der Waals surface area contributed by atoms with Crippen molar-refractivity contribution in [2.45, 2.75) is 24.9 Å². The van der Waals surface area contributed by atoms with Crippen LogP contribution in [0.3, 0.4) is 0 Å². The molecule has 8 aromatic rings. The lowest BCUT2D eigenvalue weighted by atomic mass is 9.76. The van der Waals surface area contributed by atoms with E-state index < -0.39 is 5.60 Å². The number of fused-ring (bicyclic) bond motifs is 9. The van der Waals surface area contributed by atoms with Crippen molar-refractivity contribution in [3.8, 4) is 22.9 Å². The fourth-order valence-electron chi connectivity index (χ4n) is 8.93. The van der Waals surface area contributed by atoms with Crippen LogP contribution in [0, 0.1) is 11.3 Å². The fourth-order valence-corrected chi connectivity index (χ4v) is 8.93. The standard InChI is InChI=1S/C51H36N2O/c1-50(2)45-32-34(33-52)24-29-43(45)47-41-21-11-12-22-42(41)49-44(48(47)50)30-31-51(54-49,36-16-5-3-6-17-36)37-25-27-39(28-26-37)53(38-18-7-4-8-19-38)46-23-13-15-35-14-9-10-20-40(35)46/h3-32H,1-2H3.